The number of halogens is 1. The van der Waals surface area contributed by atoms with Gasteiger partial charge in [0.25, 0.3) is 0 Å². The standard InChI is InChI=1S/C42H40BrNO6/c1-5-46-35-18-15-28(22-37(35)47-6-2)40-33-24-36(50-25-34(45)26-13-16-29(43)17-14-26)30-11-9-10-12-31(30)41(33)44-20-19-27-21-38(48-7-3)39(49-8-4)23-32(27)42(40)44/h9-18,21-24H,5-8,19-20,25H2,1-4H3. The van der Waals surface area contributed by atoms with Crippen molar-refractivity contribution in [2.75, 3.05) is 33.0 Å². The van der Waals surface area contributed by atoms with Crippen molar-refractivity contribution in [3.05, 3.63) is 101 Å². The fourth-order valence-corrected chi connectivity index (χ4v) is 7.23. The van der Waals surface area contributed by atoms with Gasteiger partial charge in [0.2, 0.25) is 0 Å². The maximum absolute atomic E-state index is 13.3. The van der Waals surface area contributed by atoms with Crippen molar-refractivity contribution in [1.82, 2.24) is 4.57 Å². The zero-order chi connectivity index (χ0) is 34.8. The van der Waals surface area contributed by atoms with E-state index in [4.69, 9.17) is 23.7 Å². The lowest BCUT2D eigenvalue weighted by Gasteiger charge is -2.24. The minimum atomic E-state index is -0.0894. The van der Waals surface area contributed by atoms with Crippen LogP contribution in [0, 0.1) is 0 Å². The second-order valence-electron chi connectivity index (χ2n) is 12.0. The summed E-state index contributed by atoms with van der Waals surface area (Å²) >= 11 is 3.45. The van der Waals surface area contributed by atoms with Gasteiger partial charge in [-0.05, 0) is 87.7 Å². The van der Waals surface area contributed by atoms with Crippen molar-refractivity contribution in [2.45, 2.75) is 40.7 Å². The maximum Gasteiger partial charge on any atom is 0.200 e. The monoisotopic (exact) mass is 733 g/mol. The lowest BCUT2D eigenvalue weighted by molar-refractivity contribution is 0.0922. The molecule has 2 heterocycles. The van der Waals surface area contributed by atoms with Crippen molar-refractivity contribution in [3.8, 4) is 51.1 Å². The zero-order valence-corrected chi connectivity index (χ0v) is 30.4. The van der Waals surface area contributed by atoms with Gasteiger partial charge >= 0.3 is 0 Å². The van der Waals surface area contributed by atoms with Crippen LogP contribution in [-0.2, 0) is 13.0 Å². The molecule has 5 aromatic carbocycles. The van der Waals surface area contributed by atoms with Crippen LogP contribution in [-0.4, -0.2) is 43.4 Å². The first-order chi connectivity index (χ1) is 24.4. The molecule has 0 unspecified atom stereocenters. The molecule has 7 nitrogen and oxygen atoms in total. The molecule has 0 spiro atoms. The van der Waals surface area contributed by atoms with Gasteiger partial charge in [0.1, 0.15) is 5.75 Å². The highest BCUT2D eigenvalue weighted by Gasteiger charge is 2.29. The molecule has 7 rings (SSSR count). The van der Waals surface area contributed by atoms with E-state index >= 15 is 0 Å². The molecule has 50 heavy (non-hydrogen) atoms. The number of nitrogens with zero attached hydrogens (tertiary/aromatic N) is 1. The molecule has 0 radical (unpaired) electrons. The SMILES string of the molecule is CCOc1ccc(-c2c3n(c4c2cc(OCC(=O)c2ccc(Br)cc2)c2ccccc24)CCc2cc(OCC)c(OCC)cc2-3)cc1OCC. The normalized spacial score (nSPS) is 12.0. The van der Waals surface area contributed by atoms with Crippen LogP contribution in [0.4, 0.5) is 0 Å². The van der Waals surface area contributed by atoms with Gasteiger partial charge < -0.3 is 28.3 Å². The molecular weight excluding hydrogens is 694 g/mol. The van der Waals surface area contributed by atoms with E-state index in [-0.39, 0.29) is 12.4 Å². The molecule has 6 aromatic rings. The average Bonchev–Trinajstić information content (AvgIpc) is 3.47. The number of fused-ring (bicyclic) bond motifs is 7. The Labute approximate surface area is 300 Å². The summed E-state index contributed by atoms with van der Waals surface area (Å²) in [5.74, 6) is 3.44. The summed E-state index contributed by atoms with van der Waals surface area (Å²) in [6, 6.07) is 28.2. The first-order valence-corrected chi connectivity index (χ1v) is 18.1. The van der Waals surface area contributed by atoms with E-state index in [0.717, 1.165) is 73.0 Å². The van der Waals surface area contributed by atoms with Crippen LogP contribution in [0.15, 0.2) is 89.4 Å². The van der Waals surface area contributed by atoms with Crippen LogP contribution in [0.25, 0.3) is 44.1 Å². The first kappa shape index (κ1) is 33.5. The van der Waals surface area contributed by atoms with E-state index in [1.807, 2.05) is 64.1 Å². The quantitative estimate of drug-likeness (QED) is 0.110. The number of carbonyl (C=O) groups is 1. The Morgan fingerprint density at radius 1 is 0.660 bits per heavy atom. The molecule has 0 atom stereocenters. The van der Waals surface area contributed by atoms with E-state index in [2.05, 4.69) is 69.0 Å². The van der Waals surface area contributed by atoms with Crippen molar-refractivity contribution >= 4 is 43.4 Å². The van der Waals surface area contributed by atoms with Crippen LogP contribution in [0.3, 0.4) is 0 Å². The number of hydrogen-bond donors (Lipinski definition) is 0. The molecule has 0 N–H and O–H groups in total. The molecule has 0 fully saturated rings. The molecule has 0 aliphatic carbocycles. The largest absolute Gasteiger partial charge is 0.490 e. The summed E-state index contributed by atoms with van der Waals surface area (Å²) in [6.07, 6.45) is 0.833. The van der Waals surface area contributed by atoms with Crippen molar-refractivity contribution in [3.63, 3.8) is 0 Å². The number of aromatic nitrogens is 1. The molecule has 256 valence electrons. The van der Waals surface area contributed by atoms with Gasteiger partial charge in [0.15, 0.2) is 35.4 Å². The highest BCUT2D eigenvalue weighted by atomic mass is 79.9. The first-order valence-electron chi connectivity index (χ1n) is 17.3. The smallest absolute Gasteiger partial charge is 0.200 e. The fraction of sp³-hybridized carbons (Fsp3) is 0.262. The second-order valence-corrected chi connectivity index (χ2v) is 12.9. The number of hydrogen-bond acceptors (Lipinski definition) is 6. The number of rotatable bonds is 13. The minimum absolute atomic E-state index is 0.0850. The fourth-order valence-electron chi connectivity index (χ4n) is 6.96. The van der Waals surface area contributed by atoms with E-state index in [1.54, 1.807) is 0 Å². The number of ether oxygens (including phenoxy) is 5. The summed E-state index contributed by atoms with van der Waals surface area (Å²) in [5.41, 5.74) is 7.13. The Morgan fingerprint density at radius 2 is 1.30 bits per heavy atom. The molecule has 8 heteroatoms. The number of aryl methyl sites for hydroxylation is 2. The molecule has 1 aliphatic rings. The number of ketones is 1. The van der Waals surface area contributed by atoms with Crippen LogP contribution >= 0.6 is 15.9 Å². The molecular formula is C42H40BrNO6. The topological polar surface area (TPSA) is 68.2 Å². The van der Waals surface area contributed by atoms with Crippen LogP contribution in [0.5, 0.6) is 28.7 Å². The molecule has 0 amide bonds. The molecule has 0 bridgehead atoms. The summed E-state index contributed by atoms with van der Waals surface area (Å²) in [4.78, 5) is 13.3. The van der Waals surface area contributed by atoms with Gasteiger partial charge in [-0.25, -0.2) is 0 Å². The van der Waals surface area contributed by atoms with Gasteiger partial charge in [0, 0.05) is 43.9 Å². The molecule has 0 saturated carbocycles. The predicted molar refractivity (Wildman–Crippen MR) is 203 cm³/mol. The van der Waals surface area contributed by atoms with Gasteiger partial charge in [-0.15, -0.1) is 0 Å². The van der Waals surface area contributed by atoms with Gasteiger partial charge in [-0.1, -0.05) is 58.4 Å². The Kier molecular flexibility index (Phi) is 9.72. The second kappa shape index (κ2) is 14.5. The predicted octanol–water partition coefficient (Wildman–Crippen LogP) is 10.3. The van der Waals surface area contributed by atoms with Crippen molar-refractivity contribution in [1.29, 1.82) is 0 Å². The summed E-state index contributed by atoms with van der Waals surface area (Å²) < 4.78 is 34.0. The maximum atomic E-state index is 13.3. The van der Waals surface area contributed by atoms with Gasteiger partial charge in [-0.2, -0.15) is 0 Å². The third-order valence-electron chi connectivity index (χ3n) is 9.01. The Morgan fingerprint density at radius 3 is 2.00 bits per heavy atom. The highest BCUT2D eigenvalue weighted by Crippen LogP contribution is 2.51. The van der Waals surface area contributed by atoms with Crippen LogP contribution in [0.1, 0.15) is 43.6 Å². The van der Waals surface area contributed by atoms with Gasteiger partial charge in [0.05, 0.1) is 37.6 Å². The summed E-state index contributed by atoms with van der Waals surface area (Å²) in [5, 5.41) is 3.03. The number of benzene rings is 5. The third kappa shape index (κ3) is 6.17. The zero-order valence-electron chi connectivity index (χ0n) is 28.8. The molecule has 1 aromatic heterocycles. The number of Topliss-reactive ketones (excluding diaryl/α,β-unsaturated/α-hetero) is 1. The molecule has 0 saturated heterocycles. The lowest BCUT2D eigenvalue weighted by atomic mass is 9.92. The Balaban J connectivity index is 1.49. The van der Waals surface area contributed by atoms with Crippen LogP contribution < -0.4 is 23.7 Å². The Bertz CT molecular complexity index is 2200. The average molecular weight is 735 g/mol. The van der Waals surface area contributed by atoms with Gasteiger partial charge in [-0.3, -0.25) is 4.79 Å². The summed E-state index contributed by atoms with van der Waals surface area (Å²) in [7, 11) is 0. The number of carbonyl (C=O) groups excluding carboxylic acids is 1. The van der Waals surface area contributed by atoms with E-state index in [1.165, 1.54) is 5.56 Å². The highest BCUT2D eigenvalue weighted by molar-refractivity contribution is 9.10. The lowest BCUT2D eigenvalue weighted by Crippen LogP contribution is -2.12. The molecule has 1 aliphatic heterocycles. The van der Waals surface area contributed by atoms with Crippen molar-refractivity contribution in [2.24, 2.45) is 0 Å². The van der Waals surface area contributed by atoms with E-state index in [9.17, 15) is 4.79 Å². The summed E-state index contributed by atoms with van der Waals surface area (Å²) in [6.45, 7) is 10.7. The van der Waals surface area contributed by atoms with E-state index < -0.39 is 0 Å². The Hall–Kier alpha value is -4.95. The van der Waals surface area contributed by atoms with Crippen molar-refractivity contribution < 1.29 is 28.5 Å². The third-order valence-corrected chi connectivity index (χ3v) is 9.54. The van der Waals surface area contributed by atoms with Crippen LogP contribution in [0.2, 0.25) is 0 Å². The minimum Gasteiger partial charge on any atom is -0.490 e. The van der Waals surface area contributed by atoms with E-state index in [0.29, 0.717) is 49.2 Å².